The van der Waals surface area contributed by atoms with Crippen LogP contribution in [0.1, 0.15) is 84.6 Å². The molecule has 6 rings (SSSR count). The average molecular weight is 608 g/mol. The van der Waals surface area contributed by atoms with Crippen LogP contribution >= 0.6 is 0 Å². The van der Waals surface area contributed by atoms with Crippen LogP contribution in [0, 0.1) is 28.6 Å². The van der Waals surface area contributed by atoms with Crippen LogP contribution in [0.25, 0.3) is 0 Å². The summed E-state index contributed by atoms with van der Waals surface area (Å²) in [6, 6.07) is 8.26. The van der Waals surface area contributed by atoms with E-state index in [0.29, 0.717) is 49.8 Å². The number of fused-ring (bicyclic) bond motifs is 6. The topological polar surface area (TPSA) is 94.1 Å². The number of methoxy groups -OCH3 is 1. The van der Waals surface area contributed by atoms with Gasteiger partial charge < -0.3 is 24.6 Å². The molecule has 7 heteroatoms. The van der Waals surface area contributed by atoms with Crippen molar-refractivity contribution in [1.29, 1.82) is 0 Å². The molecule has 1 saturated heterocycles. The van der Waals surface area contributed by atoms with Crippen molar-refractivity contribution in [2.75, 3.05) is 26.9 Å². The van der Waals surface area contributed by atoms with Crippen molar-refractivity contribution in [2.24, 2.45) is 28.6 Å². The van der Waals surface area contributed by atoms with Crippen LogP contribution in [0.2, 0.25) is 0 Å². The smallest absolute Gasteiger partial charge is 0.306 e. The van der Waals surface area contributed by atoms with Gasteiger partial charge in [0.1, 0.15) is 24.1 Å². The molecule has 7 atom stereocenters. The summed E-state index contributed by atoms with van der Waals surface area (Å²) < 4.78 is 16.6. The number of carbonyl (C=O) groups excluding carboxylic acids is 2. The largest absolute Gasteiger partial charge is 0.491 e. The van der Waals surface area contributed by atoms with Crippen molar-refractivity contribution in [3.63, 3.8) is 0 Å². The average Bonchev–Trinajstić information content (AvgIpc) is 3.53. The predicted molar refractivity (Wildman–Crippen MR) is 171 cm³/mol. The van der Waals surface area contributed by atoms with E-state index in [1.54, 1.807) is 7.11 Å². The normalized spacial score (nSPS) is 34.4. The molecule has 4 aliphatic carbocycles. The Bertz CT molecular complexity index is 1240. The van der Waals surface area contributed by atoms with E-state index >= 15 is 0 Å². The number of benzene rings is 1. The monoisotopic (exact) mass is 607 g/mol. The number of hydrogen-bond donors (Lipinski definition) is 2. The summed E-state index contributed by atoms with van der Waals surface area (Å²) in [7, 11) is 1.70. The Morgan fingerprint density at radius 3 is 2.45 bits per heavy atom. The molecule has 2 N–H and O–H groups in total. The molecule has 3 fully saturated rings. The second-order valence-corrected chi connectivity index (χ2v) is 14.5. The first kappa shape index (κ1) is 32.9. The second kappa shape index (κ2) is 13.5. The first-order chi connectivity index (χ1) is 21.0. The SMILES string of the molecule is COCCc1ccc(OCC(O)CNC(C)C)cc1.C[C@]12CCC(=O)C=C1C=C[C@@H]1[C@@H]2CC[C@@]2(C)[C@H]1CC[C@@]21CCC(=O)O1. The number of hydrogen-bond acceptors (Lipinski definition) is 7. The van der Waals surface area contributed by atoms with Crippen LogP contribution < -0.4 is 10.1 Å². The van der Waals surface area contributed by atoms with Crippen LogP contribution in [0.3, 0.4) is 0 Å². The zero-order chi connectivity index (χ0) is 31.5. The summed E-state index contributed by atoms with van der Waals surface area (Å²) in [6.45, 7) is 10.4. The Balaban J connectivity index is 0.000000183. The van der Waals surface area contributed by atoms with Crippen LogP contribution in [0.4, 0.5) is 0 Å². The maximum atomic E-state index is 11.9. The first-order valence-electron chi connectivity index (χ1n) is 16.8. The molecule has 2 saturated carbocycles. The van der Waals surface area contributed by atoms with Gasteiger partial charge in [-0.3, -0.25) is 9.59 Å². The third-order valence-corrected chi connectivity index (χ3v) is 11.6. The highest BCUT2D eigenvalue weighted by Crippen LogP contribution is 2.68. The molecule has 44 heavy (non-hydrogen) atoms. The van der Waals surface area contributed by atoms with E-state index in [-0.39, 0.29) is 28.2 Å². The minimum Gasteiger partial charge on any atom is -0.491 e. The van der Waals surface area contributed by atoms with Crippen molar-refractivity contribution in [3.8, 4) is 5.75 Å². The number of ether oxygens (including phenoxy) is 3. The van der Waals surface area contributed by atoms with Crippen molar-refractivity contribution < 1.29 is 28.9 Å². The lowest BCUT2D eigenvalue weighted by atomic mass is 9.48. The number of aliphatic hydroxyl groups is 1. The minimum absolute atomic E-state index is 0.00570. The Morgan fingerprint density at radius 2 is 1.77 bits per heavy atom. The van der Waals surface area contributed by atoms with Gasteiger partial charge in [-0.2, -0.15) is 0 Å². The zero-order valence-corrected chi connectivity index (χ0v) is 27.4. The molecular weight excluding hydrogens is 554 g/mol. The quantitative estimate of drug-likeness (QED) is 0.334. The van der Waals surface area contributed by atoms with Gasteiger partial charge in [0, 0.05) is 38.0 Å². The van der Waals surface area contributed by atoms with E-state index in [9.17, 15) is 14.7 Å². The summed E-state index contributed by atoms with van der Waals surface area (Å²) in [5, 5.41) is 12.9. The molecule has 1 spiro atoms. The molecule has 5 aliphatic rings. The highest BCUT2D eigenvalue weighted by atomic mass is 16.6. The van der Waals surface area contributed by atoms with E-state index in [4.69, 9.17) is 14.2 Å². The number of rotatable bonds is 9. The van der Waals surface area contributed by atoms with E-state index in [1.807, 2.05) is 44.2 Å². The van der Waals surface area contributed by atoms with Gasteiger partial charge in [-0.25, -0.2) is 0 Å². The maximum Gasteiger partial charge on any atom is 0.306 e. The zero-order valence-electron chi connectivity index (χ0n) is 27.4. The number of carbonyl (C=O) groups is 2. The van der Waals surface area contributed by atoms with Gasteiger partial charge in [0.05, 0.1) is 6.61 Å². The molecule has 242 valence electrons. The number of ketones is 1. The highest BCUT2D eigenvalue weighted by molar-refractivity contribution is 5.92. The lowest BCUT2D eigenvalue weighted by molar-refractivity contribution is -0.165. The van der Waals surface area contributed by atoms with Crippen molar-refractivity contribution >= 4 is 11.8 Å². The van der Waals surface area contributed by atoms with Gasteiger partial charge >= 0.3 is 5.97 Å². The fraction of sp³-hybridized carbons (Fsp3) is 0.676. The molecule has 1 aliphatic heterocycles. The van der Waals surface area contributed by atoms with E-state index in [1.165, 1.54) is 24.0 Å². The standard InChI is InChI=1S/C22H28O3.C15H25NO3/c1-20-9-5-15(23)13-14(20)3-4-16-17(20)6-10-21(2)18(16)7-11-22(21)12-8-19(24)25-22;1-12(2)16-10-14(17)11-19-15-6-4-13(5-7-15)8-9-18-3/h3-4,13,16-18H,5-12H2,1-2H3;4-7,12,14,16-17H,8-11H2,1-3H3/t16-,17+,18+,20+,21+,22-;/m1./s1. The van der Waals surface area contributed by atoms with Gasteiger partial charge in [0.15, 0.2) is 5.78 Å². The lowest BCUT2D eigenvalue weighted by Gasteiger charge is -2.57. The Morgan fingerprint density at radius 1 is 1.02 bits per heavy atom. The summed E-state index contributed by atoms with van der Waals surface area (Å²) in [5.74, 6) is 2.86. The first-order valence-corrected chi connectivity index (χ1v) is 16.8. The predicted octanol–water partition coefficient (Wildman–Crippen LogP) is 5.98. The molecule has 1 unspecified atom stereocenters. The van der Waals surface area contributed by atoms with E-state index in [2.05, 4.69) is 31.3 Å². The van der Waals surface area contributed by atoms with Crippen LogP contribution in [-0.2, 0) is 25.5 Å². The molecule has 7 nitrogen and oxygen atoms in total. The van der Waals surface area contributed by atoms with E-state index in [0.717, 1.165) is 44.5 Å². The Labute approximate surface area is 263 Å². The molecule has 0 bridgehead atoms. The highest BCUT2D eigenvalue weighted by Gasteiger charge is 2.66. The Hall–Kier alpha value is -2.48. The summed E-state index contributed by atoms with van der Waals surface area (Å²) >= 11 is 0. The lowest BCUT2D eigenvalue weighted by Crippen LogP contribution is -2.53. The maximum absolute atomic E-state index is 11.9. The Kier molecular flexibility index (Phi) is 10.1. The molecule has 1 aromatic carbocycles. The summed E-state index contributed by atoms with van der Waals surface area (Å²) in [4.78, 5) is 23.8. The minimum atomic E-state index is -0.490. The third-order valence-electron chi connectivity index (χ3n) is 11.6. The third kappa shape index (κ3) is 6.56. The molecule has 0 amide bonds. The molecule has 0 aromatic heterocycles. The fourth-order valence-corrected chi connectivity index (χ4v) is 8.89. The van der Waals surface area contributed by atoms with Crippen molar-refractivity contribution in [1.82, 2.24) is 5.32 Å². The summed E-state index contributed by atoms with van der Waals surface area (Å²) in [6.07, 6.45) is 14.7. The number of esters is 1. The van der Waals surface area contributed by atoms with Crippen LogP contribution in [0.5, 0.6) is 5.75 Å². The van der Waals surface area contributed by atoms with Gasteiger partial charge in [0.2, 0.25) is 0 Å². The number of nitrogens with one attached hydrogen (secondary N) is 1. The van der Waals surface area contributed by atoms with Gasteiger partial charge in [-0.1, -0.05) is 52.0 Å². The van der Waals surface area contributed by atoms with Gasteiger partial charge in [-0.05, 0) is 97.5 Å². The van der Waals surface area contributed by atoms with Gasteiger partial charge in [-0.15, -0.1) is 0 Å². The van der Waals surface area contributed by atoms with E-state index < -0.39 is 6.10 Å². The van der Waals surface area contributed by atoms with Crippen LogP contribution in [0.15, 0.2) is 48.1 Å². The second-order valence-electron chi connectivity index (χ2n) is 14.5. The fourth-order valence-electron chi connectivity index (χ4n) is 8.89. The van der Waals surface area contributed by atoms with Crippen molar-refractivity contribution in [2.45, 2.75) is 103 Å². The molecule has 1 aromatic rings. The summed E-state index contributed by atoms with van der Waals surface area (Å²) in [5.41, 5.74) is 2.54. The number of aliphatic hydroxyl groups excluding tert-OH is 1. The van der Waals surface area contributed by atoms with Crippen molar-refractivity contribution in [3.05, 3.63) is 53.6 Å². The number of allylic oxidation sites excluding steroid dienone is 4. The molecule has 1 heterocycles. The van der Waals surface area contributed by atoms with Gasteiger partial charge in [0.25, 0.3) is 0 Å². The van der Waals surface area contributed by atoms with Crippen LogP contribution in [-0.4, -0.2) is 61.5 Å². The molecule has 0 radical (unpaired) electrons. The molecular formula is C37H53NO6.